The van der Waals surface area contributed by atoms with Crippen molar-refractivity contribution in [1.82, 2.24) is 15.5 Å². The number of rotatable bonds is 9. The molecule has 2 unspecified atom stereocenters. The molecule has 0 bridgehead atoms. The number of aromatic nitrogens is 2. The number of nitrogens with zero attached hydrogens (tertiary/aromatic N) is 2. The number of hydrogen-bond acceptors (Lipinski definition) is 4. The van der Waals surface area contributed by atoms with Crippen molar-refractivity contribution in [2.45, 2.75) is 72.3 Å². The summed E-state index contributed by atoms with van der Waals surface area (Å²) in [7, 11) is 0. The summed E-state index contributed by atoms with van der Waals surface area (Å²) in [6, 6.07) is 0.415. The van der Waals surface area contributed by atoms with E-state index in [9.17, 15) is 0 Å². The van der Waals surface area contributed by atoms with E-state index < -0.39 is 0 Å². The molecule has 0 aromatic carbocycles. The van der Waals surface area contributed by atoms with Crippen LogP contribution in [0.1, 0.15) is 71.5 Å². The molecule has 0 spiro atoms. The van der Waals surface area contributed by atoms with Crippen LogP contribution in [0.15, 0.2) is 4.52 Å². The maximum absolute atomic E-state index is 5.42. The Morgan fingerprint density at radius 3 is 2.53 bits per heavy atom. The molecule has 0 aliphatic carbocycles. The van der Waals surface area contributed by atoms with Crippen LogP contribution in [0.5, 0.6) is 0 Å². The van der Waals surface area contributed by atoms with Gasteiger partial charge in [0.2, 0.25) is 5.89 Å². The monoisotopic (exact) mass is 267 g/mol. The van der Waals surface area contributed by atoms with Gasteiger partial charge in [-0.1, -0.05) is 39.8 Å². The van der Waals surface area contributed by atoms with Crippen LogP contribution in [0, 0.1) is 5.92 Å². The van der Waals surface area contributed by atoms with Crippen molar-refractivity contribution in [3.05, 3.63) is 11.7 Å². The van der Waals surface area contributed by atoms with Crippen LogP contribution >= 0.6 is 0 Å². The van der Waals surface area contributed by atoms with Crippen molar-refractivity contribution in [3.8, 4) is 0 Å². The molecule has 2 atom stereocenters. The second-order valence-electron chi connectivity index (χ2n) is 5.74. The van der Waals surface area contributed by atoms with Crippen molar-refractivity contribution >= 4 is 0 Å². The number of nitrogens with one attached hydrogen (secondary N) is 1. The molecule has 0 aliphatic rings. The molecule has 1 rings (SSSR count). The van der Waals surface area contributed by atoms with E-state index in [1.165, 1.54) is 0 Å². The zero-order valence-corrected chi connectivity index (χ0v) is 13.1. The van der Waals surface area contributed by atoms with Crippen LogP contribution in [0.2, 0.25) is 0 Å². The van der Waals surface area contributed by atoms with Gasteiger partial charge in [-0.2, -0.15) is 4.98 Å². The fourth-order valence-corrected chi connectivity index (χ4v) is 2.15. The lowest BCUT2D eigenvalue weighted by Gasteiger charge is -2.20. The molecule has 0 aliphatic heterocycles. The topological polar surface area (TPSA) is 51.0 Å². The molecule has 19 heavy (non-hydrogen) atoms. The Balaban J connectivity index is 2.57. The Morgan fingerprint density at radius 1 is 1.21 bits per heavy atom. The van der Waals surface area contributed by atoms with Crippen LogP contribution in [0.4, 0.5) is 0 Å². The van der Waals surface area contributed by atoms with Crippen molar-refractivity contribution < 1.29 is 4.52 Å². The van der Waals surface area contributed by atoms with E-state index in [0.717, 1.165) is 43.9 Å². The molecule has 0 radical (unpaired) electrons. The summed E-state index contributed by atoms with van der Waals surface area (Å²) >= 11 is 0. The fraction of sp³-hybridized carbons (Fsp3) is 0.867. The predicted molar refractivity (Wildman–Crippen MR) is 78.2 cm³/mol. The molecular weight excluding hydrogens is 238 g/mol. The zero-order chi connectivity index (χ0) is 14.3. The predicted octanol–water partition coefficient (Wildman–Crippen LogP) is 3.54. The van der Waals surface area contributed by atoms with Crippen molar-refractivity contribution in [1.29, 1.82) is 0 Å². The molecular formula is C15H29N3O. The molecule has 4 nitrogen and oxygen atoms in total. The lowest BCUT2D eigenvalue weighted by molar-refractivity contribution is 0.317. The summed E-state index contributed by atoms with van der Waals surface area (Å²) in [5.74, 6) is 2.57. The zero-order valence-electron chi connectivity index (χ0n) is 13.1. The van der Waals surface area contributed by atoms with Gasteiger partial charge < -0.3 is 9.84 Å². The molecule has 0 fully saturated rings. The van der Waals surface area contributed by atoms with Crippen molar-refractivity contribution in [2.24, 2.45) is 5.92 Å². The minimum Gasteiger partial charge on any atom is -0.339 e. The molecule has 110 valence electrons. The lowest BCUT2D eigenvalue weighted by Crippen LogP contribution is -2.33. The second-order valence-corrected chi connectivity index (χ2v) is 5.74. The van der Waals surface area contributed by atoms with Crippen LogP contribution in [0.3, 0.4) is 0 Å². The molecule has 0 saturated carbocycles. The normalized spacial score (nSPS) is 14.8. The highest BCUT2D eigenvalue weighted by atomic mass is 16.5. The highest BCUT2D eigenvalue weighted by molar-refractivity contribution is 4.97. The Labute approximate surface area is 117 Å². The van der Waals surface area contributed by atoms with E-state index in [1.54, 1.807) is 0 Å². The minimum atomic E-state index is 0.275. The van der Waals surface area contributed by atoms with E-state index >= 15 is 0 Å². The first kappa shape index (κ1) is 16.2. The summed E-state index contributed by atoms with van der Waals surface area (Å²) in [4.78, 5) is 4.54. The van der Waals surface area contributed by atoms with E-state index in [2.05, 4.69) is 50.1 Å². The Bertz CT molecular complexity index is 349. The van der Waals surface area contributed by atoms with Gasteiger partial charge in [0.1, 0.15) is 0 Å². The molecule has 1 heterocycles. The third kappa shape index (κ3) is 5.31. The van der Waals surface area contributed by atoms with E-state index in [-0.39, 0.29) is 5.92 Å². The third-order valence-electron chi connectivity index (χ3n) is 3.52. The average molecular weight is 267 g/mol. The minimum absolute atomic E-state index is 0.275. The molecule has 0 amide bonds. The van der Waals surface area contributed by atoms with Gasteiger partial charge in [-0.05, 0) is 31.7 Å². The first-order valence-electron chi connectivity index (χ1n) is 7.64. The SMILES string of the molecule is CCCNC(CC)C(C)c1nc(CCC(C)C)no1. The van der Waals surface area contributed by atoms with Gasteiger partial charge >= 0.3 is 0 Å². The molecule has 1 N–H and O–H groups in total. The van der Waals surface area contributed by atoms with E-state index in [4.69, 9.17) is 4.52 Å². The Kier molecular flexibility index (Phi) is 7.06. The number of aryl methyl sites for hydroxylation is 1. The summed E-state index contributed by atoms with van der Waals surface area (Å²) in [6.45, 7) is 12.0. The average Bonchev–Trinajstić information content (AvgIpc) is 2.85. The lowest BCUT2D eigenvalue weighted by atomic mass is 9.99. The smallest absolute Gasteiger partial charge is 0.231 e. The molecule has 0 saturated heterocycles. The van der Waals surface area contributed by atoms with Gasteiger partial charge in [-0.15, -0.1) is 0 Å². The van der Waals surface area contributed by atoms with Gasteiger partial charge in [0.05, 0.1) is 5.92 Å². The van der Waals surface area contributed by atoms with Gasteiger partial charge in [0.25, 0.3) is 0 Å². The van der Waals surface area contributed by atoms with Crippen molar-refractivity contribution in [2.75, 3.05) is 6.54 Å². The van der Waals surface area contributed by atoms with Crippen molar-refractivity contribution in [3.63, 3.8) is 0 Å². The maximum Gasteiger partial charge on any atom is 0.231 e. The van der Waals surface area contributed by atoms with E-state index in [0.29, 0.717) is 12.0 Å². The molecule has 1 aromatic heterocycles. The van der Waals surface area contributed by atoms with Crippen LogP contribution in [0.25, 0.3) is 0 Å². The molecule has 4 heteroatoms. The fourth-order valence-electron chi connectivity index (χ4n) is 2.15. The quantitative estimate of drug-likeness (QED) is 0.743. The highest BCUT2D eigenvalue weighted by Gasteiger charge is 2.22. The van der Waals surface area contributed by atoms with Crippen LogP contribution in [-0.4, -0.2) is 22.7 Å². The highest BCUT2D eigenvalue weighted by Crippen LogP contribution is 2.20. The van der Waals surface area contributed by atoms with Gasteiger partial charge in [0.15, 0.2) is 5.82 Å². The molecule has 1 aromatic rings. The van der Waals surface area contributed by atoms with Gasteiger partial charge in [0, 0.05) is 12.5 Å². The first-order valence-corrected chi connectivity index (χ1v) is 7.64. The van der Waals surface area contributed by atoms with E-state index in [1.807, 2.05) is 0 Å². The van der Waals surface area contributed by atoms with Gasteiger partial charge in [-0.25, -0.2) is 0 Å². The number of hydrogen-bond donors (Lipinski definition) is 1. The third-order valence-corrected chi connectivity index (χ3v) is 3.52. The first-order chi connectivity index (χ1) is 9.08. The summed E-state index contributed by atoms with van der Waals surface area (Å²) < 4.78 is 5.42. The summed E-state index contributed by atoms with van der Waals surface area (Å²) in [5, 5.41) is 7.64. The Hall–Kier alpha value is -0.900. The standard InChI is InChI=1S/C15H29N3O/c1-6-10-16-13(7-2)12(5)15-17-14(18-19-15)9-8-11(3)4/h11-13,16H,6-10H2,1-5H3. The summed E-state index contributed by atoms with van der Waals surface area (Å²) in [6.07, 6.45) is 4.24. The van der Waals surface area contributed by atoms with Crippen LogP contribution in [-0.2, 0) is 6.42 Å². The van der Waals surface area contributed by atoms with Gasteiger partial charge in [-0.3, -0.25) is 0 Å². The largest absolute Gasteiger partial charge is 0.339 e. The Morgan fingerprint density at radius 2 is 1.95 bits per heavy atom. The van der Waals surface area contributed by atoms with Crippen LogP contribution < -0.4 is 5.32 Å². The summed E-state index contributed by atoms with van der Waals surface area (Å²) in [5.41, 5.74) is 0. The maximum atomic E-state index is 5.42. The second kappa shape index (κ2) is 8.31.